The second-order valence-electron chi connectivity index (χ2n) is 4.18. The highest BCUT2D eigenvalue weighted by Gasteiger charge is 2.13. The van der Waals surface area contributed by atoms with E-state index < -0.39 is 0 Å². The molecule has 1 saturated heterocycles. The highest BCUT2D eigenvalue weighted by molar-refractivity contribution is 5.85. The first-order valence-electron chi connectivity index (χ1n) is 5.72. The maximum absolute atomic E-state index is 5.79. The Labute approximate surface area is 111 Å². The van der Waals surface area contributed by atoms with Crippen LogP contribution >= 0.6 is 12.4 Å². The molecule has 0 bridgehead atoms. The summed E-state index contributed by atoms with van der Waals surface area (Å²) in [6, 6.07) is 1.90. The van der Waals surface area contributed by atoms with Gasteiger partial charge in [-0.25, -0.2) is 9.50 Å². The van der Waals surface area contributed by atoms with Gasteiger partial charge in [0.1, 0.15) is 5.82 Å². The van der Waals surface area contributed by atoms with Crippen molar-refractivity contribution in [1.82, 2.24) is 19.5 Å². The molecule has 0 aromatic carbocycles. The first kappa shape index (κ1) is 13.1. The minimum absolute atomic E-state index is 0. The predicted molar refractivity (Wildman–Crippen MR) is 70.7 cm³/mol. The lowest BCUT2D eigenvalue weighted by molar-refractivity contribution is 0.0343. The van der Waals surface area contributed by atoms with Crippen molar-refractivity contribution in [3.05, 3.63) is 24.0 Å². The third-order valence-electron chi connectivity index (χ3n) is 2.95. The molecular weight excluding hydrogens is 254 g/mol. The van der Waals surface area contributed by atoms with Crippen LogP contribution in [0.15, 0.2) is 18.5 Å². The number of nitrogens with two attached hydrogens (primary N) is 1. The molecule has 3 heterocycles. The number of hydrogen-bond acceptors (Lipinski definition) is 5. The van der Waals surface area contributed by atoms with Gasteiger partial charge in [-0.3, -0.25) is 4.90 Å². The van der Waals surface area contributed by atoms with E-state index in [2.05, 4.69) is 15.0 Å². The summed E-state index contributed by atoms with van der Waals surface area (Å²) < 4.78 is 7.06. The monoisotopic (exact) mass is 269 g/mol. The lowest BCUT2D eigenvalue weighted by Gasteiger charge is -2.26. The molecule has 18 heavy (non-hydrogen) atoms. The molecule has 0 saturated carbocycles. The van der Waals surface area contributed by atoms with E-state index in [0.717, 1.165) is 44.1 Å². The van der Waals surface area contributed by atoms with Crippen LogP contribution in [0.4, 0.5) is 5.82 Å². The maximum Gasteiger partial charge on any atom is 0.158 e. The number of anilines is 1. The molecule has 3 rings (SSSR count). The van der Waals surface area contributed by atoms with Crippen molar-refractivity contribution in [2.24, 2.45) is 0 Å². The molecular formula is C11H16ClN5O. The summed E-state index contributed by atoms with van der Waals surface area (Å²) in [5.74, 6) is 0.527. The van der Waals surface area contributed by atoms with Crippen molar-refractivity contribution < 1.29 is 4.74 Å². The highest BCUT2D eigenvalue weighted by atomic mass is 35.5. The first-order chi connectivity index (χ1) is 8.33. The van der Waals surface area contributed by atoms with Crippen LogP contribution < -0.4 is 5.73 Å². The van der Waals surface area contributed by atoms with E-state index in [1.54, 1.807) is 10.7 Å². The molecule has 0 aliphatic carbocycles. The standard InChI is InChI=1S/C11H15N5O.ClH/c12-10-7-9(8-15-3-5-17-6-4-15)11-13-1-2-16(11)14-10;/h1-2,7H,3-6,8H2,(H2,12,14);1H. The number of ether oxygens (including phenoxy) is 1. The van der Waals surface area contributed by atoms with E-state index in [-0.39, 0.29) is 12.4 Å². The van der Waals surface area contributed by atoms with Crippen LogP contribution in [-0.2, 0) is 11.3 Å². The zero-order chi connectivity index (χ0) is 11.7. The fraction of sp³-hybridized carbons (Fsp3) is 0.455. The summed E-state index contributed by atoms with van der Waals surface area (Å²) in [6.07, 6.45) is 3.55. The zero-order valence-corrected chi connectivity index (χ0v) is 10.8. The van der Waals surface area contributed by atoms with Gasteiger partial charge in [0.25, 0.3) is 0 Å². The quantitative estimate of drug-likeness (QED) is 0.863. The molecule has 0 radical (unpaired) electrons. The lowest BCUT2D eigenvalue weighted by atomic mass is 10.2. The van der Waals surface area contributed by atoms with Gasteiger partial charge in [-0.1, -0.05) is 0 Å². The third kappa shape index (κ3) is 2.55. The minimum atomic E-state index is 0. The van der Waals surface area contributed by atoms with Crippen LogP contribution in [0.25, 0.3) is 5.65 Å². The van der Waals surface area contributed by atoms with Gasteiger partial charge in [-0.15, -0.1) is 17.5 Å². The summed E-state index contributed by atoms with van der Waals surface area (Å²) in [5.41, 5.74) is 7.78. The molecule has 2 aromatic heterocycles. The normalized spacial score (nSPS) is 16.7. The third-order valence-corrected chi connectivity index (χ3v) is 2.95. The number of aromatic nitrogens is 3. The SMILES string of the molecule is Cl.Nc1cc(CN2CCOCC2)c2nccn2n1. The van der Waals surface area contributed by atoms with Crippen molar-refractivity contribution in [3.63, 3.8) is 0 Å². The van der Waals surface area contributed by atoms with Gasteiger partial charge >= 0.3 is 0 Å². The Bertz CT molecular complexity index is 523. The molecule has 7 heteroatoms. The average Bonchev–Trinajstić information content (AvgIpc) is 2.78. The summed E-state index contributed by atoms with van der Waals surface area (Å²) in [7, 11) is 0. The number of rotatable bonds is 2. The molecule has 2 aromatic rings. The van der Waals surface area contributed by atoms with Gasteiger partial charge in [0.2, 0.25) is 0 Å². The Hall–Kier alpha value is -1.37. The van der Waals surface area contributed by atoms with Crippen molar-refractivity contribution in [1.29, 1.82) is 0 Å². The second-order valence-corrected chi connectivity index (χ2v) is 4.18. The molecule has 1 fully saturated rings. The number of nitrogen functional groups attached to an aromatic ring is 1. The lowest BCUT2D eigenvalue weighted by Crippen LogP contribution is -2.35. The van der Waals surface area contributed by atoms with E-state index >= 15 is 0 Å². The summed E-state index contributed by atoms with van der Waals surface area (Å²) in [4.78, 5) is 6.65. The molecule has 0 atom stereocenters. The van der Waals surface area contributed by atoms with Gasteiger partial charge in [-0.2, -0.15) is 0 Å². The molecule has 1 aliphatic heterocycles. The smallest absolute Gasteiger partial charge is 0.158 e. The topological polar surface area (TPSA) is 68.7 Å². The van der Waals surface area contributed by atoms with E-state index in [4.69, 9.17) is 10.5 Å². The number of halogens is 1. The van der Waals surface area contributed by atoms with Gasteiger partial charge in [0.05, 0.1) is 13.2 Å². The van der Waals surface area contributed by atoms with Crippen LogP contribution in [0.3, 0.4) is 0 Å². The van der Waals surface area contributed by atoms with Gasteiger partial charge in [-0.05, 0) is 6.07 Å². The Kier molecular flexibility index (Phi) is 4.00. The Balaban J connectivity index is 0.00000120. The van der Waals surface area contributed by atoms with Gasteiger partial charge < -0.3 is 10.5 Å². The first-order valence-corrected chi connectivity index (χ1v) is 5.72. The molecule has 1 aliphatic rings. The Morgan fingerprint density at radius 2 is 2.11 bits per heavy atom. The Morgan fingerprint density at radius 1 is 1.33 bits per heavy atom. The highest BCUT2D eigenvalue weighted by Crippen LogP contribution is 2.14. The van der Waals surface area contributed by atoms with E-state index in [1.807, 2.05) is 12.3 Å². The maximum atomic E-state index is 5.79. The number of nitrogens with zero attached hydrogens (tertiary/aromatic N) is 4. The molecule has 0 spiro atoms. The minimum Gasteiger partial charge on any atom is -0.382 e. The number of imidazole rings is 1. The van der Waals surface area contributed by atoms with E-state index in [9.17, 15) is 0 Å². The van der Waals surface area contributed by atoms with Crippen LogP contribution in [0.2, 0.25) is 0 Å². The molecule has 2 N–H and O–H groups in total. The fourth-order valence-corrected chi connectivity index (χ4v) is 2.12. The molecule has 6 nitrogen and oxygen atoms in total. The van der Waals surface area contributed by atoms with Crippen molar-refractivity contribution in [2.45, 2.75) is 6.54 Å². The van der Waals surface area contributed by atoms with E-state index in [1.165, 1.54) is 0 Å². The van der Waals surface area contributed by atoms with Crippen LogP contribution in [0.5, 0.6) is 0 Å². The number of fused-ring (bicyclic) bond motifs is 1. The van der Waals surface area contributed by atoms with Crippen molar-refractivity contribution >= 4 is 23.9 Å². The molecule has 0 amide bonds. The van der Waals surface area contributed by atoms with Crippen LogP contribution in [0.1, 0.15) is 5.56 Å². The van der Waals surface area contributed by atoms with Crippen molar-refractivity contribution in [2.75, 3.05) is 32.0 Å². The van der Waals surface area contributed by atoms with Crippen LogP contribution in [0, 0.1) is 0 Å². The average molecular weight is 270 g/mol. The number of hydrogen-bond donors (Lipinski definition) is 1. The van der Waals surface area contributed by atoms with Gasteiger partial charge in [0.15, 0.2) is 5.65 Å². The molecule has 98 valence electrons. The van der Waals surface area contributed by atoms with E-state index in [0.29, 0.717) is 5.82 Å². The number of morpholine rings is 1. The fourth-order valence-electron chi connectivity index (χ4n) is 2.12. The largest absolute Gasteiger partial charge is 0.382 e. The predicted octanol–water partition coefficient (Wildman–Crippen LogP) is 0.565. The zero-order valence-electron chi connectivity index (χ0n) is 9.95. The second kappa shape index (κ2) is 5.51. The molecule has 0 unspecified atom stereocenters. The summed E-state index contributed by atoms with van der Waals surface area (Å²) in [5, 5.41) is 4.18. The van der Waals surface area contributed by atoms with Gasteiger partial charge in [0, 0.05) is 37.6 Å². The summed E-state index contributed by atoms with van der Waals surface area (Å²) >= 11 is 0. The van der Waals surface area contributed by atoms with Crippen LogP contribution in [-0.4, -0.2) is 45.8 Å². The summed E-state index contributed by atoms with van der Waals surface area (Å²) in [6.45, 7) is 4.34. The van der Waals surface area contributed by atoms with Crippen molar-refractivity contribution in [3.8, 4) is 0 Å². The Morgan fingerprint density at radius 3 is 2.89 bits per heavy atom.